The van der Waals surface area contributed by atoms with Crippen molar-refractivity contribution in [3.63, 3.8) is 0 Å². The van der Waals surface area contributed by atoms with Gasteiger partial charge in [-0.3, -0.25) is 4.79 Å². The molecule has 0 bridgehead atoms. The Labute approximate surface area is 168 Å². The lowest BCUT2D eigenvalue weighted by Gasteiger charge is -2.35. The number of aromatic nitrogens is 2. The molecule has 1 aromatic carbocycles. The Morgan fingerprint density at radius 3 is 2.79 bits per heavy atom. The van der Waals surface area contributed by atoms with Crippen LogP contribution in [0.3, 0.4) is 0 Å². The van der Waals surface area contributed by atoms with Crippen molar-refractivity contribution in [1.29, 1.82) is 0 Å². The molecule has 0 aliphatic carbocycles. The highest BCUT2D eigenvalue weighted by molar-refractivity contribution is 7.13. The van der Waals surface area contributed by atoms with E-state index >= 15 is 0 Å². The maximum Gasteiger partial charge on any atom is 0.227 e. The first kappa shape index (κ1) is 18.6. The largest absolute Gasteiger partial charge is 0.367 e. The molecule has 0 spiro atoms. The number of benzene rings is 1. The number of likely N-dealkylation sites (N-methyl/N-ethyl adjacent to an activating group) is 1. The van der Waals surface area contributed by atoms with E-state index in [0.29, 0.717) is 24.6 Å². The number of rotatable bonds is 6. The Morgan fingerprint density at radius 2 is 2.00 bits per heavy atom. The second-order valence-corrected chi connectivity index (χ2v) is 7.79. The average molecular weight is 398 g/mol. The fourth-order valence-electron chi connectivity index (χ4n) is 3.20. The third kappa shape index (κ3) is 4.40. The highest BCUT2D eigenvalue weighted by Crippen LogP contribution is 2.27. The minimum absolute atomic E-state index is 0.0579. The molecule has 0 saturated carbocycles. The van der Waals surface area contributed by atoms with Crippen molar-refractivity contribution < 1.29 is 9.32 Å². The molecule has 28 heavy (non-hydrogen) atoms. The van der Waals surface area contributed by atoms with Gasteiger partial charge in [0.1, 0.15) is 0 Å². The van der Waals surface area contributed by atoms with Crippen molar-refractivity contribution in [2.45, 2.75) is 12.8 Å². The van der Waals surface area contributed by atoms with E-state index in [2.05, 4.69) is 38.4 Å². The summed E-state index contributed by atoms with van der Waals surface area (Å²) in [6.45, 7) is 3.95. The van der Waals surface area contributed by atoms with Gasteiger partial charge in [0.05, 0.1) is 16.3 Å². The highest BCUT2D eigenvalue weighted by Gasteiger charge is 2.18. The molecule has 1 saturated heterocycles. The molecule has 8 heteroatoms. The molecule has 1 fully saturated rings. The van der Waals surface area contributed by atoms with Gasteiger partial charge in [0, 0.05) is 39.0 Å². The summed E-state index contributed by atoms with van der Waals surface area (Å²) >= 11 is 1.56. The van der Waals surface area contributed by atoms with Gasteiger partial charge in [0.2, 0.25) is 17.6 Å². The first-order valence-electron chi connectivity index (χ1n) is 9.38. The maximum atomic E-state index is 12.5. The Morgan fingerprint density at radius 1 is 1.18 bits per heavy atom. The van der Waals surface area contributed by atoms with E-state index in [1.807, 2.05) is 35.7 Å². The number of piperazine rings is 1. The summed E-state index contributed by atoms with van der Waals surface area (Å²) < 4.78 is 5.27. The molecule has 2 aromatic heterocycles. The topological polar surface area (TPSA) is 74.5 Å². The second-order valence-electron chi connectivity index (χ2n) is 6.84. The zero-order valence-corrected chi connectivity index (χ0v) is 16.6. The van der Waals surface area contributed by atoms with Gasteiger partial charge in [-0.05, 0) is 30.6 Å². The van der Waals surface area contributed by atoms with Crippen LogP contribution in [0.4, 0.5) is 11.4 Å². The van der Waals surface area contributed by atoms with Crippen molar-refractivity contribution in [3.8, 4) is 10.7 Å². The molecular formula is C20H23N5O2S. The first-order chi connectivity index (χ1) is 13.7. The summed E-state index contributed by atoms with van der Waals surface area (Å²) in [5, 5.41) is 8.99. The molecule has 146 valence electrons. The normalized spacial score (nSPS) is 15.0. The Bertz CT molecular complexity index is 916. The van der Waals surface area contributed by atoms with E-state index in [-0.39, 0.29) is 5.91 Å². The molecule has 1 aliphatic heterocycles. The van der Waals surface area contributed by atoms with Crippen LogP contribution in [0.15, 0.2) is 46.3 Å². The Hall–Kier alpha value is -2.71. The second kappa shape index (κ2) is 8.53. The third-order valence-corrected chi connectivity index (χ3v) is 5.66. The lowest BCUT2D eigenvalue weighted by atomic mass is 10.2. The molecule has 3 heterocycles. The lowest BCUT2D eigenvalue weighted by Crippen LogP contribution is -2.44. The quantitative estimate of drug-likeness (QED) is 0.689. The number of amides is 1. The molecular weight excluding hydrogens is 374 g/mol. The molecule has 0 radical (unpaired) electrons. The molecule has 3 aromatic rings. The van der Waals surface area contributed by atoms with Crippen LogP contribution >= 0.6 is 11.3 Å². The van der Waals surface area contributed by atoms with Crippen molar-refractivity contribution in [2.24, 2.45) is 0 Å². The molecule has 0 atom stereocenters. The van der Waals surface area contributed by atoms with Crippen LogP contribution in [0.2, 0.25) is 0 Å². The maximum absolute atomic E-state index is 12.5. The van der Waals surface area contributed by atoms with Crippen molar-refractivity contribution in [3.05, 3.63) is 47.7 Å². The number of carbonyl (C=O) groups is 1. The number of para-hydroxylation sites is 2. The monoisotopic (exact) mass is 397 g/mol. The van der Waals surface area contributed by atoms with Crippen LogP contribution in [-0.4, -0.2) is 54.2 Å². The van der Waals surface area contributed by atoms with Crippen LogP contribution in [0, 0.1) is 0 Å². The fraction of sp³-hybridized carbons (Fsp3) is 0.350. The molecule has 7 nitrogen and oxygen atoms in total. The van der Waals surface area contributed by atoms with Gasteiger partial charge < -0.3 is 19.6 Å². The number of aryl methyl sites for hydroxylation is 1. The van der Waals surface area contributed by atoms with Crippen LogP contribution in [0.25, 0.3) is 10.7 Å². The number of hydrogen-bond donors (Lipinski definition) is 1. The zero-order chi connectivity index (χ0) is 19.3. The number of nitrogens with one attached hydrogen (secondary N) is 1. The minimum atomic E-state index is -0.0579. The summed E-state index contributed by atoms with van der Waals surface area (Å²) in [6, 6.07) is 11.9. The number of hydrogen-bond acceptors (Lipinski definition) is 7. The summed E-state index contributed by atoms with van der Waals surface area (Å²) in [7, 11) is 2.13. The highest BCUT2D eigenvalue weighted by atomic mass is 32.1. The summed E-state index contributed by atoms with van der Waals surface area (Å²) in [4.78, 5) is 22.4. The SMILES string of the molecule is CN1CCN(c2ccccc2NC(=O)CCc2nc(-c3cccs3)no2)CC1. The molecule has 1 N–H and O–H groups in total. The predicted octanol–water partition coefficient (Wildman–Crippen LogP) is 3.12. The minimum Gasteiger partial charge on any atom is -0.367 e. The summed E-state index contributed by atoms with van der Waals surface area (Å²) in [5.41, 5.74) is 1.92. The van der Waals surface area contributed by atoms with Crippen LogP contribution in [0.5, 0.6) is 0 Å². The van der Waals surface area contributed by atoms with E-state index in [1.54, 1.807) is 11.3 Å². The Kier molecular flexibility index (Phi) is 5.68. The van der Waals surface area contributed by atoms with Gasteiger partial charge in [-0.25, -0.2) is 0 Å². The standard InChI is InChI=1S/C20H23N5O2S/c1-24-10-12-25(13-11-24)16-6-3-2-5-15(16)21-18(26)8-9-19-22-20(23-27-19)17-7-4-14-28-17/h2-7,14H,8-13H2,1H3,(H,21,26). The van der Waals surface area contributed by atoms with Gasteiger partial charge in [-0.1, -0.05) is 23.4 Å². The number of nitrogens with zero attached hydrogens (tertiary/aromatic N) is 4. The number of carbonyl (C=O) groups excluding carboxylic acids is 1. The lowest BCUT2D eigenvalue weighted by molar-refractivity contribution is -0.116. The van der Waals surface area contributed by atoms with Crippen molar-refractivity contribution in [1.82, 2.24) is 15.0 Å². The molecule has 0 unspecified atom stereocenters. The van der Waals surface area contributed by atoms with E-state index in [0.717, 1.165) is 42.4 Å². The summed E-state index contributed by atoms with van der Waals surface area (Å²) in [6.07, 6.45) is 0.712. The van der Waals surface area contributed by atoms with Gasteiger partial charge in [-0.2, -0.15) is 4.98 Å². The first-order valence-corrected chi connectivity index (χ1v) is 10.3. The summed E-state index contributed by atoms with van der Waals surface area (Å²) in [5.74, 6) is 0.995. The van der Waals surface area contributed by atoms with Gasteiger partial charge in [0.15, 0.2) is 0 Å². The molecule has 4 rings (SSSR count). The van der Waals surface area contributed by atoms with Crippen LogP contribution in [0.1, 0.15) is 12.3 Å². The third-order valence-electron chi connectivity index (χ3n) is 4.80. The van der Waals surface area contributed by atoms with Crippen molar-refractivity contribution in [2.75, 3.05) is 43.4 Å². The Balaban J connectivity index is 1.35. The van der Waals surface area contributed by atoms with Gasteiger partial charge >= 0.3 is 0 Å². The number of anilines is 2. The van der Waals surface area contributed by atoms with Gasteiger partial charge in [0.25, 0.3) is 0 Å². The smallest absolute Gasteiger partial charge is 0.227 e. The predicted molar refractivity (Wildman–Crippen MR) is 111 cm³/mol. The van der Waals surface area contributed by atoms with Gasteiger partial charge in [-0.15, -0.1) is 11.3 Å². The van der Waals surface area contributed by atoms with Crippen molar-refractivity contribution >= 4 is 28.6 Å². The van der Waals surface area contributed by atoms with E-state index in [1.165, 1.54) is 0 Å². The number of thiophene rings is 1. The molecule has 1 amide bonds. The van der Waals surface area contributed by atoms with Crippen LogP contribution in [-0.2, 0) is 11.2 Å². The van der Waals surface area contributed by atoms with E-state index in [9.17, 15) is 4.79 Å². The average Bonchev–Trinajstić information content (AvgIpc) is 3.39. The zero-order valence-electron chi connectivity index (χ0n) is 15.8. The fourth-order valence-corrected chi connectivity index (χ4v) is 3.85. The molecule has 1 aliphatic rings. The van der Waals surface area contributed by atoms with E-state index in [4.69, 9.17) is 4.52 Å². The van der Waals surface area contributed by atoms with E-state index < -0.39 is 0 Å². The van der Waals surface area contributed by atoms with Crippen LogP contribution < -0.4 is 10.2 Å².